The lowest BCUT2D eigenvalue weighted by Crippen LogP contribution is -2.08. The molecule has 0 unspecified atom stereocenters. The van der Waals surface area contributed by atoms with E-state index in [0.717, 1.165) is 17.0 Å². The van der Waals surface area contributed by atoms with Crippen molar-refractivity contribution in [2.75, 3.05) is 5.32 Å². The molecule has 0 bridgehead atoms. The van der Waals surface area contributed by atoms with Crippen molar-refractivity contribution in [1.29, 1.82) is 0 Å². The van der Waals surface area contributed by atoms with Crippen molar-refractivity contribution in [2.45, 2.75) is 27.3 Å². The van der Waals surface area contributed by atoms with Crippen LogP contribution in [0.15, 0.2) is 30.3 Å². The van der Waals surface area contributed by atoms with Crippen LogP contribution in [0.25, 0.3) is 0 Å². The van der Waals surface area contributed by atoms with Crippen LogP contribution in [0.2, 0.25) is 0 Å². The Morgan fingerprint density at radius 3 is 2.67 bits per heavy atom. The number of ether oxygens (including phenoxy) is 1. The Hall–Kier alpha value is -2.40. The maximum atomic E-state index is 11.3. The Labute approximate surface area is 124 Å². The molecule has 0 radical (unpaired) electrons. The summed E-state index contributed by atoms with van der Waals surface area (Å²) in [7, 11) is 0. The van der Waals surface area contributed by atoms with E-state index in [4.69, 9.17) is 10.5 Å². The number of hydrogen-bond donors (Lipinski definition) is 2. The largest absolute Gasteiger partial charge is 0.455 e. The topological polar surface area (TPSA) is 77.2 Å². The van der Waals surface area contributed by atoms with E-state index in [9.17, 15) is 4.79 Å². The summed E-state index contributed by atoms with van der Waals surface area (Å²) in [6.45, 7) is 5.61. The number of amides is 1. The summed E-state index contributed by atoms with van der Waals surface area (Å²) in [6, 6.07) is 9.13. The molecular formula is C16H19N3O2. The van der Waals surface area contributed by atoms with Gasteiger partial charge in [-0.25, -0.2) is 0 Å². The van der Waals surface area contributed by atoms with Crippen LogP contribution in [0, 0.1) is 13.8 Å². The summed E-state index contributed by atoms with van der Waals surface area (Å²) >= 11 is 0. The molecule has 0 fully saturated rings. The summed E-state index contributed by atoms with van der Waals surface area (Å²) in [6.07, 6.45) is 0. The predicted molar refractivity (Wildman–Crippen MR) is 82.4 cm³/mol. The van der Waals surface area contributed by atoms with Crippen LogP contribution in [0.3, 0.4) is 0 Å². The van der Waals surface area contributed by atoms with E-state index in [1.807, 2.05) is 32.0 Å². The van der Waals surface area contributed by atoms with Crippen LogP contribution in [0.5, 0.6) is 11.5 Å². The highest BCUT2D eigenvalue weighted by Gasteiger charge is 2.12. The number of carbonyl (C=O) groups is 1. The number of anilines is 1. The predicted octanol–water partition coefficient (Wildman–Crippen LogP) is 2.91. The third-order valence-corrected chi connectivity index (χ3v) is 3.04. The molecule has 2 aromatic rings. The lowest BCUT2D eigenvalue weighted by atomic mass is 10.1. The van der Waals surface area contributed by atoms with Crippen molar-refractivity contribution >= 4 is 11.6 Å². The summed E-state index contributed by atoms with van der Waals surface area (Å²) < 4.78 is 5.96. The van der Waals surface area contributed by atoms with Gasteiger partial charge < -0.3 is 15.8 Å². The van der Waals surface area contributed by atoms with Gasteiger partial charge >= 0.3 is 0 Å². The average molecular weight is 285 g/mol. The number of benzene rings is 1. The van der Waals surface area contributed by atoms with Crippen LogP contribution < -0.4 is 15.8 Å². The van der Waals surface area contributed by atoms with E-state index in [2.05, 4.69) is 10.3 Å². The number of aryl methyl sites for hydroxylation is 2. The van der Waals surface area contributed by atoms with Gasteiger partial charge in [0.15, 0.2) is 5.75 Å². The molecule has 0 aliphatic rings. The van der Waals surface area contributed by atoms with E-state index in [1.165, 1.54) is 6.92 Å². The fourth-order valence-electron chi connectivity index (χ4n) is 2.13. The molecule has 110 valence electrons. The molecule has 0 saturated carbocycles. The summed E-state index contributed by atoms with van der Waals surface area (Å²) in [4.78, 5) is 15.6. The minimum Gasteiger partial charge on any atom is -0.455 e. The maximum Gasteiger partial charge on any atom is 0.221 e. The first kappa shape index (κ1) is 15.0. The molecule has 5 heteroatoms. The lowest BCUT2D eigenvalue weighted by molar-refractivity contribution is -0.114. The summed E-state index contributed by atoms with van der Waals surface area (Å²) in [5, 5.41) is 2.75. The molecule has 0 aliphatic heterocycles. The molecular weight excluding hydrogens is 266 g/mol. The molecule has 0 spiro atoms. The van der Waals surface area contributed by atoms with Crippen molar-refractivity contribution in [3.63, 3.8) is 0 Å². The summed E-state index contributed by atoms with van der Waals surface area (Å²) in [5.41, 5.74) is 8.98. The van der Waals surface area contributed by atoms with E-state index in [1.54, 1.807) is 12.1 Å². The highest BCUT2D eigenvalue weighted by molar-refractivity contribution is 5.90. The number of nitrogens with two attached hydrogens (primary N) is 1. The first-order chi connectivity index (χ1) is 10.0. The molecule has 0 aliphatic carbocycles. The second-order valence-electron chi connectivity index (χ2n) is 4.81. The zero-order valence-electron chi connectivity index (χ0n) is 12.4. The number of aromatic nitrogens is 1. The van der Waals surface area contributed by atoms with Gasteiger partial charge in [0.1, 0.15) is 5.75 Å². The van der Waals surface area contributed by atoms with E-state index < -0.39 is 0 Å². The number of nitrogens with zero attached hydrogens (tertiary/aromatic N) is 1. The Bertz CT molecular complexity index is 669. The molecule has 0 saturated heterocycles. The average Bonchev–Trinajstić information content (AvgIpc) is 2.40. The van der Waals surface area contributed by atoms with Crippen molar-refractivity contribution in [2.24, 2.45) is 5.73 Å². The van der Waals surface area contributed by atoms with Gasteiger partial charge in [-0.2, -0.15) is 0 Å². The molecule has 2 rings (SSSR count). The SMILES string of the molecule is CC(=O)Nc1ccccc1Oc1cc(C)nc(C)c1CN. The van der Waals surface area contributed by atoms with Crippen molar-refractivity contribution < 1.29 is 9.53 Å². The number of pyridine rings is 1. The van der Waals surface area contributed by atoms with Crippen molar-refractivity contribution in [3.05, 3.63) is 47.3 Å². The quantitative estimate of drug-likeness (QED) is 0.905. The Kier molecular flexibility index (Phi) is 4.55. The standard InChI is InChI=1S/C16H19N3O2/c1-10-8-16(13(9-17)11(2)18-10)21-15-7-5-4-6-14(15)19-12(3)20/h4-8H,9,17H2,1-3H3,(H,19,20). The van der Waals surface area contributed by atoms with E-state index in [-0.39, 0.29) is 5.91 Å². The molecule has 0 atom stereocenters. The number of hydrogen-bond acceptors (Lipinski definition) is 4. The monoisotopic (exact) mass is 285 g/mol. The zero-order valence-corrected chi connectivity index (χ0v) is 12.4. The normalized spacial score (nSPS) is 10.3. The zero-order chi connectivity index (χ0) is 15.4. The highest BCUT2D eigenvalue weighted by atomic mass is 16.5. The fourth-order valence-corrected chi connectivity index (χ4v) is 2.13. The Morgan fingerprint density at radius 2 is 2.00 bits per heavy atom. The molecule has 5 nitrogen and oxygen atoms in total. The van der Waals surface area contributed by atoms with Gasteiger partial charge in [-0.3, -0.25) is 9.78 Å². The molecule has 3 N–H and O–H groups in total. The van der Waals surface area contributed by atoms with Gasteiger partial charge in [-0.15, -0.1) is 0 Å². The molecule has 1 aromatic heterocycles. The van der Waals surface area contributed by atoms with Crippen LogP contribution in [0.4, 0.5) is 5.69 Å². The lowest BCUT2D eigenvalue weighted by Gasteiger charge is -2.15. The third kappa shape index (κ3) is 3.58. The van der Waals surface area contributed by atoms with Crippen LogP contribution >= 0.6 is 0 Å². The number of rotatable bonds is 4. The van der Waals surface area contributed by atoms with Crippen molar-refractivity contribution in [1.82, 2.24) is 4.98 Å². The number of carbonyl (C=O) groups excluding carboxylic acids is 1. The molecule has 1 aromatic carbocycles. The van der Waals surface area contributed by atoms with Gasteiger partial charge in [-0.1, -0.05) is 12.1 Å². The number of nitrogens with one attached hydrogen (secondary N) is 1. The van der Waals surface area contributed by atoms with E-state index >= 15 is 0 Å². The van der Waals surface area contributed by atoms with Gasteiger partial charge in [0, 0.05) is 36.5 Å². The third-order valence-electron chi connectivity index (χ3n) is 3.04. The summed E-state index contributed by atoms with van der Waals surface area (Å²) in [5.74, 6) is 1.10. The van der Waals surface area contributed by atoms with Crippen molar-refractivity contribution in [3.8, 4) is 11.5 Å². The van der Waals surface area contributed by atoms with E-state index in [0.29, 0.717) is 23.7 Å². The maximum absolute atomic E-state index is 11.3. The molecule has 1 heterocycles. The Balaban J connectivity index is 2.41. The first-order valence-corrected chi connectivity index (χ1v) is 6.73. The minimum atomic E-state index is -0.146. The second-order valence-corrected chi connectivity index (χ2v) is 4.81. The molecule has 21 heavy (non-hydrogen) atoms. The first-order valence-electron chi connectivity index (χ1n) is 6.73. The highest BCUT2D eigenvalue weighted by Crippen LogP contribution is 2.32. The van der Waals surface area contributed by atoms with Crippen LogP contribution in [-0.4, -0.2) is 10.9 Å². The smallest absolute Gasteiger partial charge is 0.221 e. The van der Waals surface area contributed by atoms with Gasteiger partial charge in [0.2, 0.25) is 5.91 Å². The van der Waals surface area contributed by atoms with Gasteiger partial charge in [-0.05, 0) is 26.0 Å². The van der Waals surface area contributed by atoms with Gasteiger partial charge in [0.25, 0.3) is 0 Å². The molecule has 1 amide bonds. The second kappa shape index (κ2) is 6.37. The van der Waals surface area contributed by atoms with Crippen LogP contribution in [-0.2, 0) is 11.3 Å². The minimum absolute atomic E-state index is 0.146. The fraction of sp³-hybridized carbons (Fsp3) is 0.250. The van der Waals surface area contributed by atoms with Gasteiger partial charge in [0.05, 0.1) is 5.69 Å². The van der Waals surface area contributed by atoms with Crippen LogP contribution in [0.1, 0.15) is 23.9 Å². The number of para-hydroxylation sites is 2. The Morgan fingerprint density at radius 1 is 1.29 bits per heavy atom.